The molecular weight excluding hydrogens is 160 g/mol. The molecule has 0 bridgehead atoms. The fraction of sp³-hybridized carbons (Fsp3) is 1.00. The molecule has 1 N–H and O–H groups in total. The van der Waals surface area contributed by atoms with Gasteiger partial charge in [0.25, 0.3) is 0 Å². The van der Waals surface area contributed by atoms with Gasteiger partial charge in [0.1, 0.15) is 0 Å². The van der Waals surface area contributed by atoms with E-state index in [-0.39, 0.29) is 5.60 Å². The van der Waals surface area contributed by atoms with Crippen molar-refractivity contribution in [2.75, 3.05) is 0 Å². The number of hydrogen-bond acceptors (Lipinski definition) is 1. The highest BCUT2D eigenvalue weighted by molar-refractivity contribution is 4.89. The van der Waals surface area contributed by atoms with Gasteiger partial charge in [0.05, 0.1) is 5.60 Å². The third kappa shape index (κ3) is 2.07. The van der Waals surface area contributed by atoms with E-state index in [0.29, 0.717) is 5.92 Å². The maximum absolute atomic E-state index is 10.3. The molecule has 2 aliphatic rings. The lowest BCUT2D eigenvalue weighted by Gasteiger charge is -2.37. The molecule has 0 radical (unpaired) electrons. The van der Waals surface area contributed by atoms with E-state index < -0.39 is 0 Å². The molecule has 0 spiro atoms. The van der Waals surface area contributed by atoms with Crippen molar-refractivity contribution in [3.63, 3.8) is 0 Å². The normalized spacial score (nSPS) is 30.0. The van der Waals surface area contributed by atoms with E-state index in [2.05, 4.69) is 6.92 Å². The highest BCUT2D eigenvalue weighted by atomic mass is 16.3. The summed E-state index contributed by atoms with van der Waals surface area (Å²) in [4.78, 5) is 0. The SMILES string of the molecule is CC(O)(CC1CCC1)C1CCCC1. The van der Waals surface area contributed by atoms with Gasteiger partial charge in [-0.05, 0) is 38.0 Å². The number of hydrogen-bond donors (Lipinski definition) is 1. The van der Waals surface area contributed by atoms with Crippen molar-refractivity contribution < 1.29 is 5.11 Å². The van der Waals surface area contributed by atoms with Crippen molar-refractivity contribution in [2.45, 2.75) is 63.9 Å². The van der Waals surface area contributed by atoms with Crippen LogP contribution in [0.25, 0.3) is 0 Å². The average molecular weight is 182 g/mol. The predicted octanol–water partition coefficient (Wildman–Crippen LogP) is 3.12. The lowest BCUT2D eigenvalue weighted by molar-refractivity contribution is -0.0298. The monoisotopic (exact) mass is 182 g/mol. The van der Waals surface area contributed by atoms with Crippen LogP contribution in [0.5, 0.6) is 0 Å². The zero-order chi connectivity index (χ0) is 9.31. The van der Waals surface area contributed by atoms with Crippen LogP contribution in [0.1, 0.15) is 58.3 Å². The highest BCUT2D eigenvalue weighted by Gasteiger charge is 2.37. The molecule has 2 saturated carbocycles. The van der Waals surface area contributed by atoms with Crippen LogP contribution in [0.3, 0.4) is 0 Å². The van der Waals surface area contributed by atoms with Gasteiger partial charge in [0.2, 0.25) is 0 Å². The molecule has 1 atom stereocenters. The molecule has 76 valence electrons. The van der Waals surface area contributed by atoms with Gasteiger partial charge < -0.3 is 5.11 Å². The summed E-state index contributed by atoms with van der Waals surface area (Å²) in [6, 6.07) is 0. The Bertz CT molecular complexity index is 164. The molecule has 1 heteroatoms. The van der Waals surface area contributed by atoms with E-state index >= 15 is 0 Å². The maximum Gasteiger partial charge on any atom is 0.0650 e. The molecule has 2 aliphatic carbocycles. The second kappa shape index (κ2) is 3.61. The van der Waals surface area contributed by atoms with Crippen molar-refractivity contribution in [2.24, 2.45) is 11.8 Å². The van der Waals surface area contributed by atoms with Crippen LogP contribution in [0.4, 0.5) is 0 Å². The first kappa shape index (κ1) is 9.51. The lowest BCUT2D eigenvalue weighted by Crippen LogP contribution is -2.36. The third-order valence-corrected chi connectivity index (χ3v) is 4.16. The van der Waals surface area contributed by atoms with E-state index in [0.717, 1.165) is 12.3 Å². The van der Waals surface area contributed by atoms with Crippen LogP contribution in [-0.2, 0) is 0 Å². The van der Waals surface area contributed by atoms with Gasteiger partial charge in [0.15, 0.2) is 0 Å². The van der Waals surface area contributed by atoms with Crippen molar-refractivity contribution in [3.05, 3.63) is 0 Å². The van der Waals surface area contributed by atoms with Crippen LogP contribution in [0.2, 0.25) is 0 Å². The molecule has 0 aliphatic heterocycles. The van der Waals surface area contributed by atoms with Crippen LogP contribution in [-0.4, -0.2) is 10.7 Å². The minimum absolute atomic E-state index is 0.346. The Morgan fingerprint density at radius 3 is 2.15 bits per heavy atom. The van der Waals surface area contributed by atoms with Gasteiger partial charge >= 0.3 is 0 Å². The Labute approximate surface area is 81.5 Å². The van der Waals surface area contributed by atoms with Gasteiger partial charge in [-0.15, -0.1) is 0 Å². The summed E-state index contributed by atoms with van der Waals surface area (Å²) in [5.74, 6) is 1.45. The lowest BCUT2D eigenvalue weighted by atomic mass is 9.73. The molecule has 0 amide bonds. The van der Waals surface area contributed by atoms with Gasteiger partial charge in [0, 0.05) is 0 Å². The molecule has 13 heavy (non-hydrogen) atoms. The topological polar surface area (TPSA) is 20.2 Å². The summed E-state index contributed by atoms with van der Waals surface area (Å²) in [6.07, 6.45) is 10.4. The van der Waals surface area contributed by atoms with Crippen LogP contribution in [0.15, 0.2) is 0 Å². The van der Waals surface area contributed by atoms with Crippen molar-refractivity contribution in [3.8, 4) is 0 Å². The second-order valence-corrected chi connectivity index (χ2v) is 5.34. The summed E-state index contributed by atoms with van der Waals surface area (Å²) in [5.41, 5.74) is -0.346. The predicted molar refractivity (Wildman–Crippen MR) is 54.5 cm³/mol. The van der Waals surface area contributed by atoms with Crippen molar-refractivity contribution in [1.82, 2.24) is 0 Å². The molecular formula is C12H22O. The zero-order valence-corrected chi connectivity index (χ0v) is 8.76. The summed E-state index contributed by atoms with van der Waals surface area (Å²) < 4.78 is 0. The minimum Gasteiger partial charge on any atom is -0.390 e. The summed E-state index contributed by atoms with van der Waals surface area (Å²) in [6.45, 7) is 2.07. The van der Waals surface area contributed by atoms with Crippen LogP contribution in [0, 0.1) is 11.8 Å². The van der Waals surface area contributed by atoms with Crippen LogP contribution < -0.4 is 0 Å². The Balaban J connectivity index is 1.85. The van der Waals surface area contributed by atoms with E-state index in [1.54, 1.807) is 0 Å². The first-order valence-corrected chi connectivity index (χ1v) is 5.91. The van der Waals surface area contributed by atoms with Crippen molar-refractivity contribution >= 4 is 0 Å². The molecule has 0 aromatic rings. The second-order valence-electron chi connectivity index (χ2n) is 5.34. The average Bonchev–Trinajstić information content (AvgIpc) is 2.49. The molecule has 0 aromatic carbocycles. The van der Waals surface area contributed by atoms with Crippen LogP contribution >= 0.6 is 0 Å². The first-order chi connectivity index (χ1) is 6.18. The summed E-state index contributed by atoms with van der Waals surface area (Å²) >= 11 is 0. The van der Waals surface area contributed by atoms with E-state index in [1.165, 1.54) is 44.9 Å². The summed E-state index contributed by atoms with van der Waals surface area (Å²) in [5, 5.41) is 10.3. The largest absolute Gasteiger partial charge is 0.390 e. The molecule has 2 fully saturated rings. The van der Waals surface area contributed by atoms with Gasteiger partial charge in [-0.2, -0.15) is 0 Å². The molecule has 0 aromatic heterocycles. The van der Waals surface area contributed by atoms with Gasteiger partial charge in [-0.3, -0.25) is 0 Å². The molecule has 0 heterocycles. The Morgan fingerprint density at radius 2 is 1.69 bits per heavy atom. The number of rotatable bonds is 3. The molecule has 1 unspecified atom stereocenters. The van der Waals surface area contributed by atoms with Crippen molar-refractivity contribution in [1.29, 1.82) is 0 Å². The van der Waals surface area contributed by atoms with E-state index in [1.807, 2.05) is 0 Å². The Hall–Kier alpha value is -0.0400. The quantitative estimate of drug-likeness (QED) is 0.711. The highest BCUT2D eigenvalue weighted by Crippen LogP contribution is 2.41. The maximum atomic E-state index is 10.3. The van der Waals surface area contributed by atoms with E-state index in [9.17, 15) is 5.11 Å². The molecule has 1 nitrogen and oxygen atoms in total. The first-order valence-electron chi connectivity index (χ1n) is 5.91. The Kier molecular flexibility index (Phi) is 2.64. The molecule has 0 saturated heterocycles. The van der Waals surface area contributed by atoms with Gasteiger partial charge in [-0.25, -0.2) is 0 Å². The standard InChI is InChI=1S/C12H22O/c1-12(13,9-10-5-4-6-10)11-7-2-3-8-11/h10-11,13H,2-9H2,1H3. The zero-order valence-electron chi connectivity index (χ0n) is 8.76. The minimum atomic E-state index is -0.346. The molecule has 2 rings (SSSR count). The van der Waals surface area contributed by atoms with E-state index in [4.69, 9.17) is 0 Å². The van der Waals surface area contributed by atoms with Gasteiger partial charge in [-0.1, -0.05) is 32.1 Å². The third-order valence-electron chi connectivity index (χ3n) is 4.16. The fourth-order valence-corrected chi connectivity index (χ4v) is 3.00. The Morgan fingerprint density at radius 1 is 1.08 bits per heavy atom. The summed E-state index contributed by atoms with van der Waals surface area (Å²) in [7, 11) is 0. The number of aliphatic hydroxyl groups is 1. The fourth-order valence-electron chi connectivity index (χ4n) is 3.00. The smallest absolute Gasteiger partial charge is 0.0650 e.